The Labute approximate surface area is 76.5 Å². The fraction of sp³-hybridized carbons (Fsp3) is 0.889. The first-order valence-electron chi connectivity index (χ1n) is 4.65. The van der Waals surface area contributed by atoms with Crippen molar-refractivity contribution >= 4 is 5.97 Å². The van der Waals surface area contributed by atoms with E-state index in [4.69, 9.17) is 9.84 Å². The molecule has 1 aliphatic heterocycles. The highest BCUT2D eigenvalue weighted by Gasteiger charge is 2.45. The van der Waals surface area contributed by atoms with Crippen LogP contribution in [0, 0.1) is 5.92 Å². The summed E-state index contributed by atoms with van der Waals surface area (Å²) in [6, 6.07) is 0. The molecule has 1 aliphatic carbocycles. The minimum absolute atomic E-state index is 0.101. The Balaban J connectivity index is 1.90. The highest BCUT2D eigenvalue weighted by Crippen LogP contribution is 2.42. The molecule has 13 heavy (non-hydrogen) atoms. The van der Waals surface area contributed by atoms with Crippen LogP contribution in [0.1, 0.15) is 25.7 Å². The second-order valence-corrected chi connectivity index (χ2v) is 4.19. The van der Waals surface area contributed by atoms with Crippen LogP contribution in [0.5, 0.6) is 0 Å². The third-order valence-corrected chi connectivity index (χ3v) is 2.78. The van der Waals surface area contributed by atoms with Crippen LogP contribution >= 0.6 is 0 Å². The summed E-state index contributed by atoms with van der Waals surface area (Å²) < 4.78 is 5.38. The standard InChI is InChI=1S/C9H14O4/c10-8(11)4-9(12)3-7(13-5-9)6-1-2-6/h6-7,12H,1-5H2,(H,10,11)/t7-,9-/m1/s1. The lowest BCUT2D eigenvalue weighted by Crippen LogP contribution is -2.32. The first-order chi connectivity index (χ1) is 6.09. The van der Waals surface area contributed by atoms with Gasteiger partial charge in [-0.25, -0.2) is 0 Å². The van der Waals surface area contributed by atoms with Gasteiger partial charge < -0.3 is 14.9 Å². The molecule has 1 saturated carbocycles. The van der Waals surface area contributed by atoms with E-state index in [1.54, 1.807) is 0 Å². The summed E-state index contributed by atoms with van der Waals surface area (Å²) in [6.45, 7) is 0.181. The molecule has 4 nitrogen and oxygen atoms in total. The van der Waals surface area contributed by atoms with Crippen molar-refractivity contribution in [2.75, 3.05) is 6.61 Å². The lowest BCUT2D eigenvalue weighted by molar-refractivity contribution is -0.142. The summed E-state index contributed by atoms with van der Waals surface area (Å²) in [5, 5.41) is 18.4. The Bertz CT molecular complexity index is 224. The maximum atomic E-state index is 10.4. The Morgan fingerprint density at radius 3 is 2.77 bits per heavy atom. The summed E-state index contributed by atoms with van der Waals surface area (Å²) in [4.78, 5) is 10.4. The topological polar surface area (TPSA) is 66.8 Å². The molecule has 2 aliphatic rings. The van der Waals surface area contributed by atoms with Gasteiger partial charge in [-0.3, -0.25) is 4.79 Å². The molecule has 2 fully saturated rings. The monoisotopic (exact) mass is 186 g/mol. The highest BCUT2D eigenvalue weighted by atomic mass is 16.5. The molecule has 0 unspecified atom stereocenters. The predicted octanol–water partition coefficient (Wildman–Crippen LogP) is 0.391. The molecule has 1 heterocycles. The van der Waals surface area contributed by atoms with Crippen LogP contribution in [-0.4, -0.2) is 34.5 Å². The third-order valence-electron chi connectivity index (χ3n) is 2.78. The third kappa shape index (κ3) is 2.00. The molecule has 0 radical (unpaired) electrons. The van der Waals surface area contributed by atoms with Crippen LogP contribution < -0.4 is 0 Å². The molecule has 2 N–H and O–H groups in total. The molecular weight excluding hydrogens is 172 g/mol. The first-order valence-corrected chi connectivity index (χ1v) is 4.65. The zero-order valence-corrected chi connectivity index (χ0v) is 7.40. The fourth-order valence-electron chi connectivity index (χ4n) is 1.93. The van der Waals surface area contributed by atoms with Crippen LogP contribution in [0.3, 0.4) is 0 Å². The van der Waals surface area contributed by atoms with E-state index in [2.05, 4.69) is 0 Å². The van der Waals surface area contributed by atoms with E-state index in [0.717, 1.165) is 12.8 Å². The second-order valence-electron chi connectivity index (χ2n) is 4.19. The number of aliphatic hydroxyl groups is 1. The van der Waals surface area contributed by atoms with E-state index in [1.807, 2.05) is 0 Å². The Morgan fingerprint density at radius 2 is 2.23 bits per heavy atom. The SMILES string of the molecule is O=C(O)C[C@@]1(O)CO[C@@H](C2CC2)C1. The van der Waals surface area contributed by atoms with Gasteiger partial charge in [0.2, 0.25) is 0 Å². The molecule has 0 bridgehead atoms. The number of rotatable bonds is 3. The maximum Gasteiger partial charge on any atom is 0.306 e. The van der Waals surface area contributed by atoms with Gasteiger partial charge in [-0.1, -0.05) is 0 Å². The van der Waals surface area contributed by atoms with Gasteiger partial charge in [-0.2, -0.15) is 0 Å². The van der Waals surface area contributed by atoms with Gasteiger partial charge in [0.25, 0.3) is 0 Å². The van der Waals surface area contributed by atoms with Crippen LogP contribution in [0.2, 0.25) is 0 Å². The number of hydrogen-bond acceptors (Lipinski definition) is 3. The second kappa shape index (κ2) is 2.96. The van der Waals surface area contributed by atoms with Crippen molar-refractivity contribution < 1.29 is 19.7 Å². The van der Waals surface area contributed by atoms with E-state index < -0.39 is 11.6 Å². The summed E-state index contributed by atoms with van der Waals surface area (Å²) in [6.07, 6.45) is 2.71. The number of aliphatic carboxylic acids is 1. The van der Waals surface area contributed by atoms with Crippen LogP contribution in [0.4, 0.5) is 0 Å². The molecule has 74 valence electrons. The van der Waals surface area contributed by atoms with Crippen molar-refractivity contribution in [3.05, 3.63) is 0 Å². The average molecular weight is 186 g/mol. The average Bonchev–Trinajstić information content (AvgIpc) is 2.75. The van der Waals surface area contributed by atoms with Crippen LogP contribution in [0.15, 0.2) is 0 Å². The van der Waals surface area contributed by atoms with Gasteiger partial charge in [-0.15, -0.1) is 0 Å². The summed E-state index contributed by atoms with van der Waals surface area (Å²) in [7, 11) is 0. The minimum Gasteiger partial charge on any atom is -0.481 e. The normalized spacial score (nSPS) is 39.3. The molecule has 0 aromatic carbocycles. The van der Waals surface area contributed by atoms with Crippen LogP contribution in [0.25, 0.3) is 0 Å². The van der Waals surface area contributed by atoms with Gasteiger partial charge >= 0.3 is 5.97 Å². The minimum atomic E-state index is -1.11. The van der Waals surface area contributed by atoms with E-state index in [-0.39, 0.29) is 19.1 Å². The number of carbonyl (C=O) groups is 1. The zero-order valence-electron chi connectivity index (χ0n) is 7.40. The smallest absolute Gasteiger partial charge is 0.306 e. The summed E-state index contributed by atoms with van der Waals surface area (Å²) in [5.74, 6) is -0.384. The van der Waals surface area contributed by atoms with Gasteiger partial charge in [0, 0.05) is 6.42 Å². The molecule has 1 saturated heterocycles. The van der Waals surface area contributed by atoms with Crippen molar-refractivity contribution in [3.63, 3.8) is 0 Å². The predicted molar refractivity (Wildman–Crippen MR) is 44.3 cm³/mol. The van der Waals surface area contributed by atoms with E-state index >= 15 is 0 Å². The molecular formula is C9H14O4. The maximum absolute atomic E-state index is 10.4. The Kier molecular flexibility index (Phi) is 2.04. The zero-order chi connectivity index (χ0) is 9.47. The summed E-state index contributed by atoms with van der Waals surface area (Å²) in [5.41, 5.74) is -1.11. The lowest BCUT2D eigenvalue weighted by Gasteiger charge is -2.17. The molecule has 0 aromatic heterocycles. The first kappa shape index (κ1) is 8.97. The van der Waals surface area contributed by atoms with Crippen LogP contribution in [-0.2, 0) is 9.53 Å². The summed E-state index contributed by atoms with van der Waals surface area (Å²) >= 11 is 0. The van der Waals surface area contributed by atoms with Crippen molar-refractivity contribution in [2.45, 2.75) is 37.4 Å². The van der Waals surface area contributed by atoms with Gasteiger partial charge in [0.15, 0.2) is 0 Å². The van der Waals surface area contributed by atoms with Crippen molar-refractivity contribution in [1.29, 1.82) is 0 Å². The molecule has 0 amide bonds. The number of carboxylic acid groups (broad SMARTS) is 1. The largest absolute Gasteiger partial charge is 0.481 e. The lowest BCUT2D eigenvalue weighted by atomic mass is 9.95. The molecule has 4 heteroatoms. The molecule has 2 atom stereocenters. The van der Waals surface area contributed by atoms with E-state index in [1.165, 1.54) is 0 Å². The van der Waals surface area contributed by atoms with Crippen molar-refractivity contribution in [3.8, 4) is 0 Å². The van der Waals surface area contributed by atoms with Gasteiger partial charge in [0.05, 0.1) is 19.1 Å². The van der Waals surface area contributed by atoms with Gasteiger partial charge in [-0.05, 0) is 18.8 Å². The Hall–Kier alpha value is -0.610. The van der Waals surface area contributed by atoms with Gasteiger partial charge in [0.1, 0.15) is 5.60 Å². The molecule has 2 rings (SSSR count). The Morgan fingerprint density at radius 1 is 1.54 bits per heavy atom. The van der Waals surface area contributed by atoms with Crippen molar-refractivity contribution in [2.24, 2.45) is 5.92 Å². The highest BCUT2D eigenvalue weighted by molar-refractivity contribution is 5.68. The quantitative estimate of drug-likeness (QED) is 0.669. The van der Waals surface area contributed by atoms with E-state index in [0.29, 0.717) is 12.3 Å². The van der Waals surface area contributed by atoms with Crippen molar-refractivity contribution in [1.82, 2.24) is 0 Å². The number of hydrogen-bond donors (Lipinski definition) is 2. The number of ether oxygens (including phenoxy) is 1. The fourth-order valence-corrected chi connectivity index (χ4v) is 1.93. The number of carboxylic acids is 1. The molecule has 0 spiro atoms. The van der Waals surface area contributed by atoms with E-state index in [9.17, 15) is 9.90 Å². The molecule has 0 aromatic rings.